The van der Waals surface area contributed by atoms with Crippen LogP contribution in [0.4, 0.5) is 4.39 Å². The molecule has 1 atom stereocenters. The SMILES string of the molecule is COC(=O)C(C)(C)[C@H](N)c1ccc(Br)c(F)c1O.Cl. The van der Waals surface area contributed by atoms with Crippen molar-refractivity contribution in [3.05, 3.63) is 28.0 Å². The second-order valence-electron chi connectivity index (χ2n) is 4.49. The van der Waals surface area contributed by atoms with Crippen LogP contribution >= 0.6 is 28.3 Å². The van der Waals surface area contributed by atoms with E-state index in [-0.39, 0.29) is 22.4 Å². The number of halogens is 3. The van der Waals surface area contributed by atoms with Gasteiger partial charge in [-0.25, -0.2) is 4.39 Å². The van der Waals surface area contributed by atoms with Gasteiger partial charge in [0.15, 0.2) is 11.6 Å². The normalized spacial score (nSPS) is 12.5. The van der Waals surface area contributed by atoms with E-state index in [0.29, 0.717) is 0 Å². The molecule has 19 heavy (non-hydrogen) atoms. The van der Waals surface area contributed by atoms with Gasteiger partial charge in [-0.05, 0) is 35.8 Å². The molecule has 4 nitrogen and oxygen atoms in total. The lowest BCUT2D eigenvalue weighted by Crippen LogP contribution is -2.37. The Bertz CT molecular complexity index is 482. The third-order valence-corrected chi connectivity index (χ3v) is 3.54. The van der Waals surface area contributed by atoms with E-state index < -0.39 is 29.0 Å². The highest BCUT2D eigenvalue weighted by Crippen LogP contribution is 2.39. The van der Waals surface area contributed by atoms with Crippen molar-refractivity contribution in [2.45, 2.75) is 19.9 Å². The number of hydrogen-bond donors (Lipinski definition) is 2. The summed E-state index contributed by atoms with van der Waals surface area (Å²) in [5, 5.41) is 9.73. The number of aromatic hydroxyl groups is 1. The highest BCUT2D eigenvalue weighted by Gasteiger charge is 2.38. The minimum absolute atomic E-state index is 0. The largest absolute Gasteiger partial charge is 0.505 e. The number of ether oxygens (including phenoxy) is 1. The van der Waals surface area contributed by atoms with Gasteiger partial charge in [0.1, 0.15) is 0 Å². The van der Waals surface area contributed by atoms with Crippen LogP contribution in [0.15, 0.2) is 16.6 Å². The van der Waals surface area contributed by atoms with Crippen molar-refractivity contribution in [1.82, 2.24) is 0 Å². The first-order valence-electron chi connectivity index (χ1n) is 5.24. The van der Waals surface area contributed by atoms with Crippen molar-refractivity contribution in [2.24, 2.45) is 11.1 Å². The topological polar surface area (TPSA) is 72.5 Å². The number of esters is 1. The third kappa shape index (κ3) is 3.38. The highest BCUT2D eigenvalue weighted by atomic mass is 79.9. The zero-order valence-electron chi connectivity index (χ0n) is 10.7. The zero-order chi connectivity index (χ0) is 14.1. The highest BCUT2D eigenvalue weighted by molar-refractivity contribution is 9.10. The molecule has 0 bridgehead atoms. The van der Waals surface area contributed by atoms with Gasteiger partial charge >= 0.3 is 5.97 Å². The number of carbonyl (C=O) groups is 1. The molecule has 0 aliphatic heterocycles. The molecule has 0 amide bonds. The van der Waals surface area contributed by atoms with Gasteiger partial charge in [-0.3, -0.25) is 4.79 Å². The Kier molecular flexibility index (Phi) is 6.25. The fourth-order valence-corrected chi connectivity index (χ4v) is 1.90. The Labute approximate surface area is 125 Å². The van der Waals surface area contributed by atoms with E-state index in [2.05, 4.69) is 20.7 Å². The summed E-state index contributed by atoms with van der Waals surface area (Å²) in [6, 6.07) is 2.02. The van der Waals surface area contributed by atoms with Gasteiger partial charge in [-0.1, -0.05) is 6.07 Å². The summed E-state index contributed by atoms with van der Waals surface area (Å²) in [5.74, 6) is -1.89. The van der Waals surface area contributed by atoms with Crippen molar-refractivity contribution in [3.63, 3.8) is 0 Å². The molecule has 1 rings (SSSR count). The molecule has 3 N–H and O–H groups in total. The van der Waals surface area contributed by atoms with Crippen LogP contribution in [0.25, 0.3) is 0 Å². The van der Waals surface area contributed by atoms with Crippen LogP contribution in [0.3, 0.4) is 0 Å². The van der Waals surface area contributed by atoms with E-state index in [4.69, 9.17) is 5.73 Å². The fourth-order valence-electron chi connectivity index (χ4n) is 1.58. The molecule has 7 heteroatoms. The van der Waals surface area contributed by atoms with Crippen molar-refractivity contribution in [3.8, 4) is 5.75 Å². The molecule has 0 aromatic heterocycles. The van der Waals surface area contributed by atoms with Crippen molar-refractivity contribution in [2.75, 3.05) is 7.11 Å². The molecular formula is C12H16BrClFNO3. The molecule has 0 aliphatic rings. The summed E-state index contributed by atoms with van der Waals surface area (Å²) in [4.78, 5) is 11.6. The number of hydrogen-bond acceptors (Lipinski definition) is 4. The Balaban J connectivity index is 0.00000324. The number of phenolic OH excluding ortho intramolecular Hbond substituents is 1. The first kappa shape index (κ1) is 18.1. The molecule has 0 unspecified atom stereocenters. The maximum Gasteiger partial charge on any atom is 0.313 e. The van der Waals surface area contributed by atoms with E-state index >= 15 is 0 Å². The molecule has 1 aromatic carbocycles. The second kappa shape index (κ2) is 6.54. The first-order valence-corrected chi connectivity index (χ1v) is 6.03. The number of methoxy groups -OCH3 is 1. The molecule has 1 aromatic rings. The van der Waals surface area contributed by atoms with Gasteiger partial charge in [-0.15, -0.1) is 12.4 Å². The standard InChI is InChI=1S/C12H15BrFNO3.ClH/c1-12(2,11(17)18-3)10(15)6-4-5-7(13)8(14)9(6)16;/h4-5,10,16H,15H2,1-3H3;1H/t10-;/m1./s1. The fraction of sp³-hybridized carbons (Fsp3) is 0.417. The van der Waals surface area contributed by atoms with E-state index in [1.807, 2.05) is 0 Å². The van der Waals surface area contributed by atoms with Crippen LogP contribution < -0.4 is 5.73 Å². The lowest BCUT2D eigenvalue weighted by molar-refractivity contribution is -0.152. The van der Waals surface area contributed by atoms with Gasteiger partial charge in [0.25, 0.3) is 0 Å². The average molecular weight is 357 g/mol. The smallest absolute Gasteiger partial charge is 0.313 e. The Morgan fingerprint density at radius 1 is 1.53 bits per heavy atom. The summed E-state index contributed by atoms with van der Waals surface area (Å²) < 4.78 is 18.3. The number of benzene rings is 1. The minimum Gasteiger partial charge on any atom is -0.505 e. The van der Waals surface area contributed by atoms with Gasteiger partial charge in [0.2, 0.25) is 0 Å². The Morgan fingerprint density at radius 2 is 2.05 bits per heavy atom. The summed E-state index contributed by atoms with van der Waals surface area (Å²) in [5.41, 5.74) is 5.01. The van der Waals surface area contributed by atoms with Crippen LogP contribution in [0.1, 0.15) is 25.5 Å². The quantitative estimate of drug-likeness (QED) is 0.817. The van der Waals surface area contributed by atoms with Crippen LogP contribution in [0.2, 0.25) is 0 Å². The molecule has 0 radical (unpaired) electrons. The monoisotopic (exact) mass is 355 g/mol. The molecule has 0 saturated heterocycles. The number of carbonyl (C=O) groups excluding carboxylic acids is 1. The minimum atomic E-state index is -1.08. The molecule has 108 valence electrons. The molecule has 0 saturated carbocycles. The zero-order valence-corrected chi connectivity index (χ0v) is 13.1. The summed E-state index contributed by atoms with van der Waals surface area (Å²) >= 11 is 2.95. The number of phenols is 1. The molecule has 0 spiro atoms. The lowest BCUT2D eigenvalue weighted by Gasteiger charge is -2.29. The predicted molar refractivity (Wildman–Crippen MR) is 75.7 cm³/mol. The first-order chi connectivity index (χ1) is 8.23. The van der Waals surface area contributed by atoms with E-state index in [0.717, 1.165) is 0 Å². The molecule has 0 heterocycles. The van der Waals surface area contributed by atoms with Crippen molar-refractivity contribution >= 4 is 34.3 Å². The van der Waals surface area contributed by atoms with Crippen molar-refractivity contribution in [1.29, 1.82) is 0 Å². The number of rotatable bonds is 3. The van der Waals surface area contributed by atoms with E-state index in [9.17, 15) is 14.3 Å². The van der Waals surface area contributed by atoms with Crippen LogP contribution in [0, 0.1) is 11.2 Å². The van der Waals surface area contributed by atoms with Crippen molar-refractivity contribution < 1.29 is 19.0 Å². The van der Waals surface area contributed by atoms with Crippen LogP contribution in [-0.2, 0) is 9.53 Å². The number of nitrogens with two attached hydrogens (primary N) is 1. The summed E-state index contributed by atoms with van der Waals surface area (Å²) in [7, 11) is 1.25. The second-order valence-corrected chi connectivity index (χ2v) is 5.34. The van der Waals surface area contributed by atoms with Crippen LogP contribution in [-0.4, -0.2) is 18.2 Å². The van der Waals surface area contributed by atoms with Gasteiger partial charge in [0, 0.05) is 11.6 Å². The van der Waals surface area contributed by atoms with E-state index in [1.54, 1.807) is 13.8 Å². The molecule has 0 fully saturated rings. The lowest BCUT2D eigenvalue weighted by atomic mass is 9.80. The summed E-state index contributed by atoms with van der Waals surface area (Å²) in [6.45, 7) is 3.14. The van der Waals surface area contributed by atoms with Crippen LogP contribution in [0.5, 0.6) is 5.75 Å². The summed E-state index contributed by atoms with van der Waals surface area (Å²) in [6.07, 6.45) is 0. The molecule has 0 aliphatic carbocycles. The maximum absolute atomic E-state index is 13.6. The van der Waals surface area contributed by atoms with Gasteiger partial charge in [0.05, 0.1) is 17.0 Å². The third-order valence-electron chi connectivity index (χ3n) is 2.92. The van der Waals surface area contributed by atoms with E-state index in [1.165, 1.54) is 19.2 Å². The van der Waals surface area contributed by atoms with Gasteiger partial charge in [-0.2, -0.15) is 0 Å². The van der Waals surface area contributed by atoms with Gasteiger partial charge < -0.3 is 15.6 Å². The average Bonchev–Trinajstić information content (AvgIpc) is 2.34. The Hall–Kier alpha value is -0.850. The molecular weight excluding hydrogens is 340 g/mol. The Morgan fingerprint density at radius 3 is 2.53 bits per heavy atom. The maximum atomic E-state index is 13.6. The predicted octanol–water partition coefficient (Wildman–Crippen LogP) is 2.91.